The van der Waals surface area contributed by atoms with E-state index >= 15 is 0 Å². The summed E-state index contributed by atoms with van der Waals surface area (Å²) in [5, 5.41) is 5.28. The second kappa shape index (κ2) is 5.19. The van der Waals surface area contributed by atoms with Crippen molar-refractivity contribution in [3.8, 4) is 0 Å². The summed E-state index contributed by atoms with van der Waals surface area (Å²) < 4.78 is 13.4. The normalized spacial score (nSPS) is 20.1. The van der Waals surface area contributed by atoms with Crippen molar-refractivity contribution in [3.63, 3.8) is 0 Å². The predicted molar refractivity (Wildman–Crippen MR) is 57.6 cm³/mol. The van der Waals surface area contributed by atoms with Crippen molar-refractivity contribution in [1.29, 1.82) is 0 Å². The average Bonchev–Trinajstić information content (AvgIpc) is 2.91. The highest BCUT2D eigenvalue weighted by molar-refractivity contribution is 7.03. The largest absolute Gasteiger partial charge is 0.467 e. The van der Waals surface area contributed by atoms with Gasteiger partial charge >= 0.3 is 5.97 Å². The lowest BCUT2D eigenvalue weighted by Crippen LogP contribution is -2.49. The van der Waals surface area contributed by atoms with E-state index in [0.717, 1.165) is 11.5 Å². The van der Waals surface area contributed by atoms with Crippen LogP contribution in [0.1, 0.15) is 10.5 Å². The number of ether oxygens (including phenoxy) is 2. The molecule has 92 valence electrons. The van der Waals surface area contributed by atoms with E-state index in [0.29, 0.717) is 18.8 Å². The van der Waals surface area contributed by atoms with Gasteiger partial charge in [-0.25, -0.2) is 4.79 Å². The first-order valence-corrected chi connectivity index (χ1v) is 5.82. The van der Waals surface area contributed by atoms with Gasteiger partial charge in [0.05, 0.1) is 20.3 Å². The second-order valence-corrected chi connectivity index (χ2v) is 4.03. The molecular formula is C9H11N3O4S. The van der Waals surface area contributed by atoms with Gasteiger partial charge in [-0.05, 0) is 11.5 Å². The number of morpholine rings is 1. The number of methoxy groups -OCH3 is 1. The first-order chi connectivity index (χ1) is 8.22. The number of amides is 1. The van der Waals surface area contributed by atoms with Crippen LogP contribution in [0.25, 0.3) is 0 Å². The number of rotatable bonds is 2. The van der Waals surface area contributed by atoms with Crippen LogP contribution in [0.2, 0.25) is 0 Å². The third kappa shape index (κ3) is 2.59. The van der Waals surface area contributed by atoms with Gasteiger partial charge in [0, 0.05) is 11.9 Å². The summed E-state index contributed by atoms with van der Waals surface area (Å²) in [7, 11) is 1.29. The Bertz CT molecular complexity index is 408. The smallest absolute Gasteiger partial charge is 0.336 e. The lowest BCUT2D eigenvalue weighted by atomic mass is 10.2. The Morgan fingerprint density at radius 3 is 3.12 bits per heavy atom. The minimum atomic E-state index is -0.718. The molecule has 1 unspecified atom stereocenters. The third-order valence-electron chi connectivity index (χ3n) is 2.40. The molecule has 1 atom stereocenters. The van der Waals surface area contributed by atoms with E-state index < -0.39 is 12.1 Å². The zero-order valence-corrected chi connectivity index (χ0v) is 9.98. The number of aromatic nitrogens is 2. The second-order valence-electron chi connectivity index (χ2n) is 3.42. The van der Waals surface area contributed by atoms with Crippen LogP contribution in [0, 0.1) is 0 Å². The molecule has 1 aliphatic rings. The van der Waals surface area contributed by atoms with Gasteiger partial charge in [0.15, 0.2) is 11.8 Å². The molecule has 0 N–H and O–H groups in total. The summed E-state index contributed by atoms with van der Waals surface area (Å²) >= 11 is 1.11. The van der Waals surface area contributed by atoms with Crippen molar-refractivity contribution in [2.75, 3.05) is 26.8 Å². The van der Waals surface area contributed by atoms with Crippen LogP contribution in [0.3, 0.4) is 0 Å². The maximum absolute atomic E-state index is 11.9. The fourth-order valence-electron chi connectivity index (χ4n) is 1.53. The van der Waals surface area contributed by atoms with Crippen molar-refractivity contribution in [2.45, 2.75) is 6.10 Å². The van der Waals surface area contributed by atoms with Crippen LogP contribution in [0.15, 0.2) is 5.38 Å². The highest BCUT2D eigenvalue weighted by Gasteiger charge is 2.31. The summed E-state index contributed by atoms with van der Waals surface area (Å²) in [6.45, 7) is 0.927. The van der Waals surface area contributed by atoms with E-state index in [4.69, 9.17) is 4.74 Å². The molecule has 1 fully saturated rings. The van der Waals surface area contributed by atoms with Crippen molar-refractivity contribution in [1.82, 2.24) is 14.5 Å². The van der Waals surface area contributed by atoms with Gasteiger partial charge in [-0.15, -0.1) is 5.10 Å². The van der Waals surface area contributed by atoms with Crippen LogP contribution in [-0.4, -0.2) is 59.3 Å². The van der Waals surface area contributed by atoms with Crippen LogP contribution in [-0.2, 0) is 14.3 Å². The fourth-order valence-corrected chi connectivity index (χ4v) is 1.96. The van der Waals surface area contributed by atoms with Gasteiger partial charge in [0.2, 0.25) is 0 Å². The van der Waals surface area contributed by atoms with E-state index in [2.05, 4.69) is 14.3 Å². The summed E-state index contributed by atoms with van der Waals surface area (Å²) in [5.41, 5.74) is 0.292. The molecule has 1 aliphatic heterocycles. The van der Waals surface area contributed by atoms with Gasteiger partial charge in [0.25, 0.3) is 5.91 Å². The van der Waals surface area contributed by atoms with E-state index in [1.807, 2.05) is 0 Å². The van der Waals surface area contributed by atoms with Crippen LogP contribution < -0.4 is 0 Å². The standard InChI is InChI=1S/C9H11N3O4S/c1-15-9(14)7-4-12(2-3-16-7)8(13)6-5-17-11-10-6/h5,7H,2-4H2,1H3. The molecular weight excluding hydrogens is 246 g/mol. The van der Waals surface area contributed by atoms with Gasteiger partial charge in [0.1, 0.15) is 0 Å². The van der Waals surface area contributed by atoms with Crippen molar-refractivity contribution < 1.29 is 19.1 Å². The number of hydrogen-bond acceptors (Lipinski definition) is 7. The SMILES string of the molecule is COC(=O)C1CN(C(=O)c2csnn2)CCO1. The molecule has 2 heterocycles. The highest BCUT2D eigenvalue weighted by atomic mass is 32.1. The molecule has 0 aliphatic carbocycles. The average molecular weight is 257 g/mol. The molecule has 1 saturated heterocycles. The molecule has 1 amide bonds. The van der Waals surface area contributed by atoms with Crippen molar-refractivity contribution >= 4 is 23.4 Å². The molecule has 0 spiro atoms. The van der Waals surface area contributed by atoms with E-state index in [1.54, 1.807) is 5.38 Å². The number of esters is 1. The fraction of sp³-hybridized carbons (Fsp3) is 0.556. The quantitative estimate of drug-likeness (QED) is 0.668. The molecule has 0 bridgehead atoms. The highest BCUT2D eigenvalue weighted by Crippen LogP contribution is 2.10. The predicted octanol–water partition coefficient (Wildman–Crippen LogP) is -0.448. The summed E-state index contributed by atoms with van der Waals surface area (Å²) in [5.74, 6) is -0.713. The molecule has 0 aromatic carbocycles. The minimum Gasteiger partial charge on any atom is -0.467 e. The Kier molecular flexibility index (Phi) is 3.64. The molecule has 17 heavy (non-hydrogen) atoms. The zero-order chi connectivity index (χ0) is 12.3. The number of hydrogen-bond donors (Lipinski definition) is 0. The molecule has 0 radical (unpaired) electrons. The Morgan fingerprint density at radius 1 is 1.65 bits per heavy atom. The summed E-state index contributed by atoms with van der Waals surface area (Å²) in [6.07, 6.45) is -0.718. The van der Waals surface area contributed by atoms with Crippen LogP contribution >= 0.6 is 11.5 Å². The monoisotopic (exact) mass is 257 g/mol. The zero-order valence-electron chi connectivity index (χ0n) is 9.16. The Hall–Kier alpha value is -1.54. The topological polar surface area (TPSA) is 81.6 Å². The minimum absolute atomic E-state index is 0.184. The van der Waals surface area contributed by atoms with Gasteiger partial charge in [-0.2, -0.15) is 0 Å². The lowest BCUT2D eigenvalue weighted by Gasteiger charge is -2.30. The number of carbonyl (C=O) groups excluding carboxylic acids is 2. The van der Waals surface area contributed by atoms with E-state index in [1.165, 1.54) is 12.0 Å². The van der Waals surface area contributed by atoms with E-state index in [9.17, 15) is 9.59 Å². The molecule has 2 rings (SSSR count). The number of nitrogens with zero attached hydrogens (tertiary/aromatic N) is 3. The maximum Gasteiger partial charge on any atom is 0.336 e. The Morgan fingerprint density at radius 2 is 2.47 bits per heavy atom. The van der Waals surface area contributed by atoms with Crippen molar-refractivity contribution in [2.24, 2.45) is 0 Å². The summed E-state index contributed by atoms with van der Waals surface area (Å²) in [4.78, 5) is 24.8. The Balaban J connectivity index is 2.02. The van der Waals surface area contributed by atoms with Gasteiger partial charge in [-0.1, -0.05) is 4.49 Å². The molecule has 7 nitrogen and oxygen atoms in total. The third-order valence-corrected chi connectivity index (χ3v) is 2.90. The molecule has 0 saturated carbocycles. The lowest BCUT2D eigenvalue weighted by molar-refractivity contribution is -0.158. The van der Waals surface area contributed by atoms with Gasteiger partial charge in [-0.3, -0.25) is 4.79 Å². The first-order valence-electron chi connectivity index (χ1n) is 4.98. The summed E-state index contributed by atoms with van der Waals surface area (Å²) in [6, 6.07) is 0. The molecule has 1 aromatic rings. The van der Waals surface area contributed by atoms with Crippen molar-refractivity contribution in [3.05, 3.63) is 11.1 Å². The van der Waals surface area contributed by atoms with Crippen LogP contribution in [0.5, 0.6) is 0 Å². The van der Waals surface area contributed by atoms with Gasteiger partial charge < -0.3 is 14.4 Å². The first kappa shape index (κ1) is 11.9. The molecule has 1 aromatic heterocycles. The Labute approximate surface area is 101 Å². The van der Waals surface area contributed by atoms with Crippen LogP contribution in [0.4, 0.5) is 0 Å². The number of carbonyl (C=O) groups is 2. The van der Waals surface area contributed by atoms with E-state index in [-0.39, 0.29) is 12.5 Å². The molecule has 8 heteroatoms. The maximum atomic E-state index is 11.9.